The fraction of sp³-hybridized carbons (Fsp3) is 0.286. The van der Waals surface area contributed by atoms with Crippen molar-refractivity contribution in [2.45, 2.75) is 31.9 Å². The minimum absolute atomic E-state index is 0.0427. The zero-order valence-corrected chi connectivity index (χ0v) is 20.3. The maximum atomic E-state index is 14.3. The Hall–Kier alpha value is -3.94. The quantitative estimate of drug-likeness (QED) is 0.318. The summed E-state index contributed by atoms with van der Waals surface area (Å²) in [5.41, 5.74) is 2.07. The van der Waals surface area contributed by atoms with Crippen LogP contribution in [0, 0.1) is 17.6 Å². The molecule has 1 saturated carbocycles. The second-order valence-corrected chi connectivity index (χ2v) is 9.14. The maximum Gasteiger partial charge on any atom is 0.225 e. The van der Waals surface area contributed by atoms with Gasteiger partial charge in [0, 0.05) is 23.9 Å². The fourth-order valence-corrected chi connectivity index (χ4v) is 4.39. The number of carbonyl (C=O) groups excluding carboxylic acids is 1. The number of carbonyl (C=O) groups is 1. The molecule has 6 nitrogen and oxygen atoms in total. The Balaban J connectivity index is 1.50. The third kappa shape index (κ3) is 4.63. The number of rotatable bonds is 8. The van der Waals surface area contributed by atoms with E-state index in [1.54, 1.807) is 47.1 Å². The zero-order chi connectivity index (χ0) is 25.4. The van der Waals surface area contributed by atoms with E-state index < -0.39 is 18.0 Å². The van der Waals surface area contributed by atoms with E-state index in [-0.39, 0.29) is 17.6 Å². The SMILES string of the molecule is COc1ccc(F)cc1[C@@H](Oc1ccc2c(cnn2-c2ccc(F)cc2)c1)[C@H](C)N(C)C(=O)C1CC1. The lowest BCUT2D eigenvalue weighted by molar-refractivity contribution is -0.134. The molecule has 0 spiro atoms. The van der Waals surface area contributed by atoms with E-state index in [9.17, 15) is 13.6 Å². The number of hydrogen-bond acceptors (Lipinski definition) is 4. The molecule has 36 heavy (non-hydrogen) atoms. The molecular weight excluding hydrogens is 464 g/mol. The third-order valence-electron chi connectivity index (χ3n) is 6.70. The van der Waals surface area contributed by atoms with Crippen LogP contribution in [0.4, 0.5) is 8.78 Å². The summed E-state index contributed by atoms with van der Waals surface area (Å²) < 4.78 is 41.3. The van der Waals surface area contributed by atoms with Crippen molar-refractivity contribution in [3.63, 3.8) is 0 Å². The van der Waals surface area contributed by atoms with Crippen LogP contribution >= 0.6 is 0 Å². The van der Waals surface area contributed by atoms with Gasteiger partial charge in [-0.2, -0.15) is 5.10 Å². The molecule has 0 saturated heterocycles. The number of likely N-dealkylation sites (N-methyl/N-ethyl adjacent to an activating group) is 1. The number of fused-ring (bicyclic) bond motifs is 1. The molecule has 0 N–H and O–H groups in total. The molecule has 1 heterocycles. The highest BCUT2D eigenvalue weighted by atomic mass is 19.1. The van der Waals surface area contributed by atoms with Crippen molar-refractivity contribution in [1.82, 2.24) is 14.7 Å². The molecule has 1 amide bonds. The highest BCUT2D eigenvalue weighted by Gasteiger charge is 2.37. The molecule has 0 unspecified atom stereocenters. The van der Waals surface area contributed by atoms with Gasteiger partial charge in [0.15, 0.2) is 0 Å². The second kappa shape index (κ2) is 9.60. The van der Waals surface area contributed by atoms with Gasteiger partial charge in [-0.25, -0.2) is 13.5 Å². The van der Waals surface area contributed by atoms with Crippen LogP contribution in [0.1, 0.15) is 31.4 Å². The molecule has 186 valence electrons. The Morgan fingerprint density at radius 1 is 1.06 bits per heavy atom. The first kappa shape index (κ1) is 23.8. The molecule has 8 heteroatoms. The molecule has 1 aliphatic rings. The standard InChI is InChI=1S/C28H27F2N3O3/c1-17(32(2)28(34)18-4-5-18)27(24-15-21(30)8-13-26(24)35-3)36-23-11-12-25-19(14-23)16-31-33(25)22-9-6-20(29)7-10-22/h6-18,27H,4-5H2,1-3H3/t17-,27-/m0/s1. The Bertz CT molecular complexity index is 1400. The first-order valence-electron chi connectivity index (χ1n) is 11.9. The van der Waals surface area contributed by atoms with Gasteiger partial charge in [0.2, 0.25) is 5.91 Å². The lowest BCUT2D eigenvalue weighted by Gasteiger charge is -2.33. The first-order valence-corrected chi connectivity index (χ1v) is 11.9. The Morgan fingerprint density at radius 3 is 2.47 bits per heavy atom. The van der Waals surface area contributed by atoms with Gasteiger partial charge in [-0.3, -0.25) is 4.79 Å². The highest BCUT2D eigenvalue weighted by Crippen LogP contribution is 2.37. The number of benzene rings is 3. The predicted molar refractivity (Wildman–Crippen MR) is 132 cm³/mol. The molecule has 0 aliphatic heterocycles. The molecule has 5 rings (SSSR count). The molecule has 0 bridgehead atoms. The van der Waals surface area contributed by atoms with E-state index in [0.717, 1.165) is 29.4 Å². The molecule has 1 aliphatic carbocycles. The van der Waals surface area contributed by atoms with Crippen molar-refractivity contribution in [3.05, 3.63) is 84.1 Å². The van der Waals surface area contributed by atoms with E-state index in [4.69, 9.17) is 9.47 Å². The summed E-state index contributed by atoms with van der Waals surface area (Å²) in [6.07, 6.45) is 2.79. The van der Waals surface area contributed by atoms with Gasteiger partial charge in [-0.15, -0.1) is 0 Å². The normalized spacial score (nSPS) is 14.9. The van der Waals surface area contributed by atoms with Crippen molar-refractivity contribution >= 4 is 16.8 Å². The number of hydrogen-bond donors (Lipinski definition) is 0. The van der Waals surface area contributed by atoms with Gasteiger partial charge in [0.1, 0.15) is 29.2 Å². The highest BCUT2D eigenvalue weighted by molar-refractivity contribution is 5.82. The van der Waals surface area contributed by atoms with Crippen LogP contribution in [0.15, 0.2) is 66.9 Å². The second-order valence-electron chi connectivity index (χ2n) is 9.14. The Kier molecular flexibility index (Phi) is 6.35. The van der Waals surface area contributed by atoms with Crippen LogP contribution in [-0.2, 0) is 4.79 Å². The zero-order valence-electron chi connectivity index (χ0n) is 20.3. The van der Waals surface area contributed by atoms with Gasteiger partial charge in [-0.1, -0.05) is 0 Å². The van der Waals surface area contributed by atoms with Crippen molar-refractivity contribution in [3.8, 4) is 17.2 Å². The van der Waals surface area contributed by atoms with Crippen LogP contribution in [0.5, 0.6) is 11.5 Å². The van der Waals surface area contributed by atoms with E-state index in [2.05, 4.69) is 5.10 Å². The molecule has 0 radical (unpaired) electrons. The molecule has 2 atom stereocenters. The number of methoxy groups -OCH3 is 1. The van der Waals surface area contributed by atoms with Crippen LogP contribution in [0.2, 0.25) is 0 Å². The van der Waals surface area contributed by atoms with Crippen LogP contribution in [0.25, 0.3) is 16.6 Å². The minimum atomic E-state index is -0.687. The van der Waals surface area contributed by atoms with Gasteiger partial charge in [0.05, 0.1) is 30.6 Å². The number of ether oxygens (including phenoxy) is 2. The van der Waals surface area contributed by atoms with Gasteiger partial charge in [0.25, 0.3) is 0 Å². The summed E-state index contributed by atoms with van der Waals surface area (Å²) in [4.78, 5) is 14.5. The monoisotopic (exact) mass is 491 g/mol. The first-order chi connectivity index (χ1) is 17.4. The summed E-state index contributed by atoms with van der Waals surface area (Å²) in [5, 5.41) is 5.26. The largest absolute Gasteiger partial charge is 0.496 e. The third-order valence-corrected chi connectivity index (χ3v) is 6.70. The summed E-state index contributed by atoms with van der Waals surface area (Å²) in [5.74, 6) is 0.383. The molecule has 1 fully saturated rings. The summed E-state index contributed by atoms with van der Waals surface area (Å²) >= 11 is 0. The van der Waals surface area contributed by atoms with Gasteiger partial charge < -0.3 is 14.4 Å². The molecule has 3 aromatic carbocycles. The van der Waals surface area contributed by atoms with Crippen molar-refractivity contribution in [2.75, 3.05) is 14.2 Å². The van der Waals surface area contributed by atoms with Gasteiger partial charge >= 0.3 is 0 Å². The molecule has 1 aromatic heterocycles. The Labute approximate surface area is 208 Å². The maximum absolute atomic E-state index is 14.3. The lowest BCUT2D eigenvalue weighted by Crippen LogP contribution is -2.41. The van der Waals surface area contributed by atoms with Crippen LogP contribution in [-0.4, -0.2) is 40.8 Å². The molecular formula is C28H27F2N3O3. The predicted octanol–water partition coefficient (Wildman–Crippen LogP) is 5.69. The number of nitrogens with zero attached hydrogens (tertiary/aromatic N) is 3. The Morgan fingerprint density at radius 2 is 1.78 bits per heavy atom. The van der Waals surface area contributed by atoms with Crippen LogP contribution in [0.3, 0.4) is 0 Å². The summed E-state index contributed by atoms with van der Waals surface area (Å²) in [7, 11) is 3.27. The van der Waals surface area contributed by atoms with Crippen molar-refractivity contribution in [1.29, 1.82) is 0 Å². The van der Waals surface area contributed by atoms with Crippen molar-refractivity contribution in [2.24, 2.45) is 5.92 Å². The van der Waals surface area contributed by atoms with E-state index >= 15 is 0 Å². The molecule has 4 aromatic rings. The number of amides is 1. The summed E-state index contributed by atoms with van der Waals surface area (Å²) in [6, 6.07) is 15.5. The number of aromatic nitrogens is 2. The average Bonchev–Trinajstić information content (AvgIpc) is 3.66. The van der Waals surface area contributed by atoms with E-state index in [1.807, 2.05) is 19.1 Å². The van der Waals surface area contributed by atoms with E-state index in [0.29, 0.717) is 17.1 Å². The lowest BCUT2D eigenvalue weighted by atomic mass is 10.00. The fourth-order valence-electron chi connectivity index (χ4n) is 4.39. The minimum Gasteiger partial charge on any atom is -0.496 e. The average molecular weight is 492 g/mol. The smallest absolute Gasteiger partial charge is 0.225 e. The van der Waals surface area contributed by atoms with Gasteiger partial charge in [-0.05, 0) is 80.4 Å². The summed E-state index contributed by atoms with van der Waals surface area (Å²) in [6.45, 7) is 1.89. The van der Waals surface area contributed by atoms with Crippen molar-refractivity contribution < 1.29 is 23.0 Å². The van der Waals surface area contributed by atoms with E-state index in [1.165, 1.54) is 31.4 Å². The van der Waals surface area contributed by atoms with Crippen LogP contribution < -0.4 is 9.47 Å². The number of halogens is 2. The topological polar surface area (TPSA) is 56.6 Å².